The summed E-state index contributed by atoms with van der Waals surface area (Å²) in [7, 11) is 1.79. The zero-order valence-corrected chi connectivity index (χ0v) is 12.3. The molecule has 0 N–H and O–H groups in total. The molecule has 1 atom stereocenters. The summed E-state index contributed by atoms with van der Waals surface area (Å²) in [6.45, 7) is 7.32. The van der Waals surface area contributed by atoms with Crippen molar-refractivity contribution in [2.24, 2.45) is 0 Å². The molecule has 0 aliphatic carbocycles. The number of hydrogen-bond donors (Lipinski definition) is 0. The molecule has 0 saturated carbocycles. The average Bonchev–Trinajstić information content (AvgIpc) is 2.46. The van der Waals surface area contributed by atoms with E-state index in [0.29, 0.717) is 12.0 Å². The molecular formula is C15H25N3O. The van der Waals surface area contributed by atoms with Gasteiger partial charge in [-0.15, -0.1) is 0 Å². The summed E-state index contributed by atoms with van der Waals surface area (Å²) in [4.78, 5) is 11.2. The third kappa shape index (κ3) is 3.74. The lowest BCUT2D eigenvalue weighted by Crippen LogP contribution is -2.43. The van der Waals surface area contributed by atoms with Crippen LogP contribution in [-0.2, 0) is 4.74 Å². The van der Waals surface area contributed by atoms with Crippen LogP contribution >= 0.6 is 0 Å². The van der Waals surface area contributed by atoms with E-state index in [2.05, 4.69) is 21.8 Å². The summed E-state index contributed by atoms with van der Waals surface area (Å²) in [6.07, 6.45) is 7.55. The predicted octanol–water partition coefficient (Wildman–Crippen LogP) is 2.39. The van der Waals surface area contributed by atoms with Crippen LogP contribution in [0.1, 0.15) is 43.5 Å². The Morgan fingerprint density at radius 2 is 1.95 bits per heavy atom. The lowest BCUT2D eigenvalue weighted by molar-refractivity contribution is 0.0705. The highest BCUT2D eigenvalue weighted by atomic mass is 16.5. The monoisotopic (exact) mass is 263 g/mol. The van der Waals surface area contributed by atoms with E-state index in [0.717, 1.165) is 31.9 Å². The summed E-state index contributed by atoms with van der Waals surface area (Å²) in [6, 6.07) is 0.570. The molecule has 106 valence electrons. The van der Waals surface area contributed by atoms with E-state index in [4.69, 9.17) is 4.74 Å². The molecule has 1 fully saturated rings. The molecular weight excluding hydrogens is 238 g/mol. The maximum atomic E-state index is 5.31. The standard InChI is InChI=1S/C15H25N3O/c1-4-15(11-19-3)18-7-5-13(6-8-18)14-9-16-12(2)17-10-14/h9-10,13,15H,4-8,11H2,1-3H3/t15-/m0/s1. The molecule has 2 heterocycles. The second-order valence-electron chi connectivity index (χ2n) is 5.39. The molecule has 0 spiro atoms. The summed E-state index contributed by atoms with van der Waals surface area (Å²) in [5.74, 6) is 1.48. The van der Waals surface area contributed by atoms with Crippen molar-refractivity contribution in [2.75, 3.05) is 26.8 Å². The van der Waals surface area contributed by atoms with Crippen LogP contribution in [0, 0.1) is 6.92 Å². The van der Waals surface area contributed by atoms with Gasteiger partial charge in [-0.3, -0.25) is 4.90 Å². The molecule has 4 nitrogen and oxygen atoms in total. The molecule has 1 aliphatic rings. The van der Waals surface area contributed by atoms with Crippen molar-refractivity contribution in [3.05, 3.63) is 23.8 Å². The highest BCUT2D eigenvalue weighted by Crippen LogP contribution is 2.28. The topological polar surface area (TPSA) is 38.2 Å². The first-order chi connectivity index (χ1) is 9.24. The van der Waals surface area contributed by atoms with Crippen molar-refractivity contribution < 1.29 is 4.74 Å². The van der Waals surface area contributed by atoms with E-state index in [-0.39, 0.29) is 0 Å². The molecule has 4 heteroatoms. The fourth-order valence-corrected chi connectivity index (χ4v) is 2.89. The molecule has 1 aliphatic heterocycles. The van der Waals surface area contributed by atoms with Crippen molar-refractivity contribution in [1.82, 2.24) is 14.9 Å². The minimum Gasteiger partial charge on any atom is -0.383 e. The van der Waals surface area contributed by atoms with Crippen LogP contribution in [0.15, 0.2) is 12.4 Å². The van der Waals surface area contributed by atoms with E-state index in [1.807, 2.05) is 19.3 Å². The number of nitrogens with zero attached hydrogens (tertiary/aromatic N) is 3. The number of aryl methyl sites for hydroxylation is 1. The van der Waals surface area contributed by atoms with Gasteiger partial charge in [0.1, 0.15) is 5.82 Å². The second kappa shape index (κ2) is 6.96. The maximum absolute atomic E-state index is 5.31. The van der Waals surface area contributed by atoms with Gasteiger partial charge < -0.3 is 4.74 Å². The van der Waals surface area contributed by atoms with Gasteiger partial charge in [0.2, 0.25) is 0 Å². The first-order valence-electron chi connectivity index (χ1n) is 7.26. The van der Waals surface area contributed by atoms with Gasteiger partial charge in [0.25, 0.3) is 0 Å². The van der Waals surface area contributed by atoms with E-state index >= 15 is 0 Å². The SMILES string of the molecule is CC[C@@H](COC)N1CCC(c2cnc(C)nc2)CC1. The summed E-state index contributed by atoms with van der Waals surface area (Å²) in [5, 5.41) is 0. The molecule has 0 aromatic carbocycles. The Bertz CT molecular complexity index is 371. The molecule has 0 amide bonds. The number of ether oxygens (including phenoxy) is 1. The molecule has 0 unspecified atom stereocenters. The highest BCUT2D eigenvalue weighted by Gasteiger charge is 2.25. The van der Waals surface area contributed by atoms with E-state index in [1.54, 1.807) is 7.11 Å². The smallest absolute Gasteiger partial charge is 0.125 e. The lowest BCUT2D eigenvalue weighted by Gasteiger charge is -2.37. The molecule has 1 aromatic rings. The molecule has 1 saturated heterocycles. The molecule has 19 heavy (non-hydrogen) atoms. The first-order valence-corrected chi connectivity index (χ1v) is 7.26. The van der Waals surface area contributed by atoms with Crippen LogP contribution in [0.4, 0.5) is 0 Å². The van der Waals surface area contributed by atoms with Gasteiger partial charge in [-0.25, -0.2) is 9.97 Å². The Morgan fingerprint density at radius 1 is 1.32 bits per heavy atom. The summed E-state index contributed by atoms with van der Waals surface area (Å²) >= 11 is 0. The number of rotatable bonds is 5. The quantitative estimate of drug-likeness (QED) is 0.817. The largest absolute Gasteiger partial charge is 0.383 e. The van der Waals surface area contributed by atoms with Crippen molar-refractivity contribution >= 4 is 0 Å². The highest BCUT2D eigenvalue weighted by molar-refractivity contribution is 5.12. The average molecular weight is 263 g/mol. The third-order valence-electron chi connectivity index (χ3n) is 4.15. The number of aromatic nitrogens is 2. The van der Waals surface area contributed by atoms with Gasteiger partial charge in [0.05, 0.1) is 6.61 Å². The van der Waals surface area contributed by atoms with Crippen molar-refractivity contribution in [2.45, 2.75) is 45.1 Å². The number of hydrogen-bond acceptors (Lipinski definition) is 4. The second-order valence-corrected chi connectivity index (χ2v) is 5.39. The zero-order valence-electron chi connectivity index (χ0n) is 12.3. The van der Waals surface area contributed by atoms with Crippen LogP contribution in [0.2, 0.25) is 0 Å². The zero-order chi connectivity index (χ0) is 13.7. The number of piperidine rings is 1. The van der Waals surface area contributed by atoms with Crippen LogP contribution in [0.25, 0.3) is 0 Å². The number of methoxy groups -OCH3 is 1. The van der Waals surface area contributed by atoms with Gasteiger partial charge in [0, 0.05) is 25.5 Å². The normalized spacial score (nSPS) is 19.5. The predicted molar refractivity (Wildman–Crippen MR) is 76.3 cm³/mol. The number of likely N-dealkylation sites (tertiary alicyclic amines) is 1. The molecule has 0 radical (unpaired) electrons. The van der Waals surface area contributed by atoms with Crippen molar-refractivity contribution in [1.29, 1.82) is 0 Å². The third-order valence-corrected chi connectivity index (χ3v) is 4.15. The van der Waals surface area contributed by atoms with E-state index in [1.165, 1.54) is 18.4 Å². The fraction of sp³-hybridized carbons (Fsp3) is 0.733. The van der Waals surface area contributed by atoms with Gasteiger partial charge in [-0.2, -0.15) is 0 Å². The van der Waals surface area contributed by atoms with E-state index < -0.39 is 0 Å². The van der Waals surface area contributed by atoms with Crippen molar-refractivity contribution in [3.8, 4) is 0 Å². The Kier molecular flexibility index (Phi) is 5.28. The first kappa shape index (κ1) is 14.4. The Morgan fingerprint density at radius 3 is 2.47 bits per heavy atom. The molecule has 1 aromatic heterocycles. The van der Waals surface area contributed by atoms with Crippen molar-refractivity contribution in [3.63, 3.8) is 0 Å². The van der Waals surface area contributed by atoms with Crippen LogP contribution in [0.3, 0.4) is 0 Å². The minimum atomic E-state index is 0.570. The van der Waals surface area contributed by atoms with Gasteiger partial charge in [-0.05, 0) is 50.8 Å². The molecule has 2 rings (SSSR count). The van der Waals surface area contributed by atoms with Crippen LogP contribution in [0.5, 0.6) is 0 Å². The maximum Gasteiger partial charge on any atom is 0.125 e. The fourth-order valence-electron chi connectivity index (χ4n) is 2.89. The van der Waals surface area contributed by atoms with Crippen LogP contribution in [-0.4, -0.2) is 47.7 Å². The summed E-state index contributed by atoms with van der Waals surface area (Å²) < 4.78 is 5.31. The Labute approximate surface area is 116 Å². The van der Waals surface area contributed by atoms with Crippen LogP contribution < -0.4 is 0 Å². The Balaban J connectivity index is 1.89. The molecule has 0 bridgehead atoms. The lowest BCUT2D eigenvalue weighted by atomic mass is 9.90. The van der Waals surface area contributed by atoms with Gasteiger partial charge >= 0.3 is 0 Å². The van der Waals surface area contributed by atoms with Gasteiger partial charge in [-0.1, -0.05) is 6.92 Å². The Hall–Kier alpha value is -1.00. The minimum absolute atomic E-state index is 0.570. The van der Waals surface area contributed by atoms with Gasteiger partial charge in [0.15, 0.2) is 0 Å². The summed E-state index contributed by atoms with van der Waals surface area (Å²) in [5.41, 5.74) is 1.30. The van der Waals surface area contributed by atoms with E-state index in [9.17, 15) is 0 Å².